The number of halogens is 3. The van der Waals surface area contributed by atoms with Gasteiger partial charge in [0.25, 0.3) is 11.8 Å². The molecule has 34 heavy (non-hydrogen) atoms. The monoisotopic (exact) mass is 479 g/mol. The Hall–Kier alpha value is -2.88. The molecule has 2 amide bonds. The lowest BCUT2D eigenvalue weighted by molar-refractivity contribution is -0.137. The van der Waals surface area contributed by atoms with Crippen LogP contribution in [0.5, 0.6) is 0 Å². The maximum atomic E-state index is 13.0. The van der Waals surface area contributed by atoms with Gasteiger partial charge in [-0.05, 0) is 57.1 Å². The van der Waals surface area contributed by atoms with Crippen LogP contribution in [-0.4, -0.2) is 63.6 Å². The fourth-order valence-corrected chi connectivity index (χ4v) is 4.10. The van der Waals surface area contributed by atoms with E-state index in [2.05, 4.69) is 29.2 Å². The van der Waals surface area contributed by atoms with Crippen LogP contribution in [-0.2, 0) is 19.3 Å². The van der Waals surface area contributed by atoms with Gasteiger partial charge in [0, 0.05) is 25.2 Å². The summed E-state index contributed by atoms with van der Waals surface area (Å²) in [7, 11) is 0. The number of carbonyl (C=O) groups is 2. The molecular weight excluding hydrogens is 447 g/mol. The SMILES string of the molecule is CCN(CC)CCCC(C)NC(=O)c1cc2n(n1)CCN(Cc1cccc(C(F)(F)F)c1)C2=O. The van der Waals surface area contributed by atoms with Crippen molar-refractivity contribution in [2.45, 2.75) is 58.9 Å². The van der Waals surface area contributed by atoms with Gasteiger partial charge >= 0.3 is 6.18 Å². The molecule has 3 rings (SSSR count). The van der Waals surface area contributed by atoms with Crippen LogP contribution in [0.1, 0.15) is 65.7 Å². The van der Waals surface area contributed by atoms with Crippen LogP contribution in [0.25, 0.3) is 0 Å². The van der Waals surface area contributed by atoms with Crippen molar-refractivity contribution in [1.29, 1.82) is 0 Å². The lowest BCUT2D eigenvalue weighted by Gasteiger charge is -2.27. The highest BCUT2D eigenvalue weighted by Gasteiger charge is 2.32. The minimum Gasteiger partial charge on any atom is -0.348 e. The van der Waals surface area contributed by atoms with Crippen LogP contribution in [0.3, 0.4) is 0 Å². The molecule has 1 aliphatic rings. The predicted octanol–water partition coefficient (Wildman–Crippen LogP) is 3.80. The fraction of sp³-hybridized carbons (Fsp3) is 0.542. The van der Waals surface area contributed by atoms with Crippen LogP contribution in [0.2, 0.25) is 0 Å². The molecule has 2 aromatic rings. The van der Waals surface area contributed by atoms with Crippen molar-refractivity contribution in [3.8, 4) is 0 Å². The number of nitrogens with zero attached hydrogens (tertiary/aromatic N) is 4. The van der Waals surface area contributed by atoms with E-state index in [4.69, 9.17) is 0 Å². The number of rotatable bonds is 10. The zero-order valence-corrected chi connectivity index (χ0v) is 19.9. The van der Waals surface area contributed by atoms with E-state index >= 15 is 0 Å². The Balaban J connectivity index is 1.60. The lowest BCUT2D eigenvalue weighted by Crippen LogP contribution is -2.39. The van der Waals surface area contributed by atoms with Gasteiger partial charge in [0.1, 0.15) is 5.69 Å². The molecule has 0 fully saturated rings. The Morgan fingerprint density at radius 2 is 1.94 bits per heavy atom. The average Bonchev–Trinajstić information content (AvgIpc) is 3.24. The maximum absolute atomic E-state index is 13.0. The molecule has 1 aromatic heterocycles. The third-order valence-corrected chi connectivity index (χ3v) is 6.11. The molecule has 186 valence electrons. The van der Waals surface area contributed by atoms with Crippen molar-refractivity contribution in [2.75, 3.05) is 26.2 Å². The highest BCUT2D eigenvalue weighted by atomic mass is 19.4. The number of amides is 2. The summed E-state index contributed by atoms with van der Waals surface area (Å²) in [6, 6.07) is 6.39. The molecule has 2 heterocycles. The first-order valence-corrected chi connectivity index (χ1v) is 11.7. The third kappa shape index (κ3) is 6.37. The van der Waals surface area contributed by atoms with Gasteiger partial charge < -0.3 is 15.1 Å². The second kappa shape index (κ2) is 11.0. The Morgan fingerprint density at radius 1 is 1.21 bits per heavy atom. The minimum atomic E-state index is -4.44. The van der Waals surface area contributed by atoms with Crippen molar-refractivity contribution in [1.82, 2.24) is 24.9 Å². The number of alkyl halides is 3. The van der Waals surface area contributed by atoms with Crippen LogP contribution < -0.4 is 5.32 Å². The van der Waals surface area contributed by atoms with Gasteiger partial charge in [-0.3, -0.25) is 14.3 Å². The predicted molar refractivity (Wildman–Crippen MR) is 122 cm³/mol. The fourth-order valence-electron chi connectivity index (χ4n) is 4.10. The molecule has 0 aliphatic carbocycles. The number of carbonyl (C=O) groups excluding carboxylic acids is 2. The maximum Gasteiger partial charge on any atom is 0.416 e. The lowest BCUT2D eigenvalue weighted by atomic mass is 10.1. The normalized spacial score (nSPS) is 14.9. The van der Waals surface area contributed by atoms with Gasteiger partial charge in [-0.25, -0.2) is 0 Å². The van der Waals surface area contributed by atoms with E-state index in [1.807, 2.05) is 6.92 Å². The number of nitrogens with one attached hydrogen (secondary N) is 1. The van der Waals surface area contributed by atoms with E-state index < -0.39 is 11.7 Å². The zero-order valence-electron chi connectivity index (χ0n) is 19.9. The molecule has 0 bridgehead atoms. The molecule has 1 N–H and O–H groups in total. The van der Waals surface area contributed by atoms with E-state index in [-0.39, 0.29) is 35.8 Å². The Bertz CT molecular complexity index is 1000. The number of fused-ring (bicyclic) bond motifs is 1. The minimum absolute atomic E-state index is 0.0325. The molecule has 1 atom stereocenters. The summed E-state index contributed by atoms with van der Waals surface area (Å²) in [4.78, 5) is 29.4. The number of hydrogen-bond acceptors (Lipinski definition) is 4. The molecule has 7 nitrogen and oxygen atoms in total. The molecule has 10 heteroatoms. The highest BCUT2D eigenvalue weighted by Crippen LogP contribution is 2.30. The molecular formula is C24H32F3N5O2. The summed E-state index contributed by atoms with van der Waals surface area (Å²) in [5, 5.41) is 7.21. The van der Waals surface area contributed by atoms with Crippen molar-refractivity contribution >= 4 is 11.8 Å². The van der Waals surface area contributed by atoms with Crippen LogP contribution in [0, 0.1) is 0 Å². The van der Waals surface area contributed by atoms with Gasteiger partial charge in [-0.15, -0.1) is 0 Å². The number of aromatic nitrogens is 2. The molecule has 1 aliphatic heterocycles. The largest absolute Gasteiger partial charge is 0.416 e. The smallest absolute Gasteiger partial charge is 0.348 e. The number of benzene rings is 1. The van der Waals surface area contributed by atoms with Crippen molar-refractivity contribution < 1.29 is 22.8 Å². The van der Waals surface area contributed by atoms with Crippen molar-refractivity contribution in [3.05, 3.63) is 52.8 Å². The van der Waals surface area contributed by atoms with E-state index in [9.17, 15) is 22.8 Å². The first-order chi connectivity index (χ1) is 16.1. The standard InChI is InChI=1S/C24H32F3N5O2/c1-4-30(5-2)11-7-8-17(3)28-22(33)20-15-21-23(34)31(12-13-32(21)29-20)16-18-9-6-10-19(14-18)24(25,26)27/h6,9-10,14-15,17H,4-5,7-8,11-13,16H2,1-3H3,(H,28,33). The van der Waals surface area contributed by atoms with E-state index in [1.165, 1.54) is 21.7 Å². The summed E-state index contributed by atoms with van der Waals surface area (Å²) in [6.45, 7) is 9.87. The first kappa shape index (κ1) is 25.7. The quantitative estimate of drug-likeness (QED) is 0.563. The van der Waals surface area contributed by atoms with Crippen LogP contribution in [0.15, 0.2) is 30.3 Å². The molecule has 0 saturated carbocycles. The Kier molecular flexibility index (Phi) is 8.35. The highest BCUT2D eigenvalue weighted by molar-refractivity contribution is 5.98. The molecule has 1 aromatic carbocycles. The molecule has 1 unspecified atom stereocenters. The average molecular weight is 480 g/mol. The second-order valence-corrected chi connectivity index (χ2v) is 8.61. The zero-order chi connectivity index (χ0) is 24.9. The van der Waals surface area contributed by atoms with E-state index in [1.54, 1.807) is 6.07 Å². The van der Waals surface area contributed by atoms with Gasteiger partial charge in [0.2, 0.25) is 0 Å². The number of hydrogen-bond donors (Lipinski definition) is 1. The van der Waals surface area contributed by atoms with Crippen LogP contribution >= 0.6 is 0 Å². The molecule has 0 saturated heterocycles. The topological polar surface area (TPSA) is 70.5 Å². The summed E-state index contributed by atoms with van der Waals surface area (Å²) in [5.74, 6) is -0.697. The van der Waals surface area contributed by atoms with Gasteiger partial charge in [-0.2, -0.15) is 18.3 Å². The summed E-state index contributed by atoms with van der Waals surface area (Å²) < 4.78 is 40.5. The van der Waals surface area contributed by atoms with Crippen LogP contribution in [0.4, 0.5) is 13.2 Å². The third-order valence-electron chi connectivity index (χ3n) is 6.11. The summed E-state index contributed by atoms with van der Waals surface area (Å²) >= 11 is 0. The second-order valence-electron chi connectivity index (χ2n) is 8.61. The summed E-state index contributed by atoms with van der Waals surface area (Å²) in [5.41, 5.74) is 0.0785. The van der Waals surface area contributed by atoms with Gasteiger partial charge in [0.15, 0.2) is 5.69 Å². The molecule has 0 radical (unpaired) electrons. The van der Waals surface area contributed by atoms with Crippen molar-refractivity contribution in [3.63, 3.8) is 0 Å². The van der Waals surface area contributed by atoms with Gasteiger partial charge in [-0.1, -0.05) is 26.0 Å². The van der Waals surface area contributed by atoms with Gasteiger partial charge in [0.05, 0.1) is 12.1 Å². The van der Waals surface area contributed by atoms with E-state index in [0.717, 1.165) is 44.6 Å². The van der Waals surface area contributed by atoms with Crippen molar-refractivity contribution in [2.24, 2.45) is 0 Å². The summed E-state index contributed by atoms with van der Waals surface area (Å²) in [6.07, 6.45) is -2.64. The van der Waals surface area contributed by atoms with E-state index in [0.29, 0.717) is 18.7 Å². The Labute approximate surface area is 197 Å². The molecule has 0 spiro atoms. The first-order valence-electron chi connectivity index (χ1n) is 11.7. The Morgan fingerprint density at radius 3 is 2.62 bits per heavy atom.